The summed E-state index contributed by atoms with van der Waals surface area (Å²) < 4.78 is 2.02. The number of halogens is 1. The Morgan fingerprint density at radius 1 is 1.17 bits per heavy atom. The normalized spacial score (nSPS) is 11.0. The maximum Gasteiger partial charge on any atom is 0.160 e. The van der Waals surface area contributed by atoms with E-state index in [0.29, 0.717) is 0 Å². The Morgan fingerprint density at radius 2 is 2.06 bits per heavy atom. The summed E-state index contributed by atoms with van der Waals surface area (Å²) in [5.74, 6) is 0.927. The van der Waals surface area contributed by atoms with Crippen LogP contribution in [0.2, 0.25) is 5.02 Å². The van der Waals surface area contributed by atoms with Gasteiger partial charge in [-0.05, 0) is 36.2 Å². The van der Waals surface area contributed by atoms with Crippen LogP contribution in [0.25, 0.3) is 5.65 Å². The molecule has 0 bridgehead atoms. The van der Waals surface area contributed by atoms with Crippen LogP contribution in [-0.2, 0) is 6.42 Å². The van der Waals surface area contributed by atoms with Crippen LogP contribution < -0.4 is 0 Å². The first-order valence-electron chi connectivity index (χ1n) is 5.77. The lowest BCUT2D eigenvalue weighted by Crippen LogP contribution is -1.96. The second kappa shape index (κ2) is 4.42. The molecule has 0 saturated heterocycles. The van der Waals surface area contributed by atoms with E-state index in [1.165, 1.54) is 5.56 Å². The topological polar surface area (TPSA) is 30.2 Å². The summed E-state index contributed by atoms with van der Waals surface area (Å²) in [6, 6.07) is 11.8. The maximum absolute atomic E-state index is 5.99. The molecule has 2 heterocycles. The predicted molar refractivity (Wildman–Crippen MR) is 72.0 cm³/mol. The smallest absolute Gasteiger partial charge is 0.160 e. The molecular formula is C14H12ClN3. The minimum absolute atomic E-state index is 0.727. The molecule has 0 spiro atoms. The number of aromatic nitrogens is 3. The molecule has 90 valence electrons. The Balaban J connectivity index is 2.02. The van der Waals surface area contributed by atoms with Crippen LogP contribution in [0, 0.1) is 6.92 Å². The lowest BCUT2D eigenvalue weighted by Gasteiger charge is -2.02. The molecule has 0 aliphatic rings. The molecule has 1 aromatic carbocycles. The van der Waals surface area contributed by atoms with Gasteiger partial charge in [0.05, 0.1) is 0 Å². The van der Waals surface area contributed by atoms with E-state index in [2.05, 4.69) is 23.3 Å². The number of hydrogen-bond donors (Lipinski definition) is 0. The highest BCUT2D eigenvalue weighted by atomic mass is 35.5. The van der Waals surface area contributed by atoms with Crippen molar-refractivity contribution in [1.29, 1.82) is 0 Å². The summed E-state index contributed by atoms with van der Waals surface area (Å²) in [7, 11) is 0. The number of aryl methyl sites for hydroxylation is 1. The first-order chi connectivity index (χ1) is 8.72. The first kappa shape index (κ1) is 11.2. The summed E-state index contributed by atoms with van der Waals surface area (Å²) >= 11 is 5.99. The van der Waals surface area contributed by atoms with E-state index >= 15 is 0 Å². The maximum atomic E-state index is 5.99. The molecule has 3 aromatic rings. The van der Waals surface area contributed by atoms with E-state index in [0.717, 1.165) is 28.5 Å². The highest BCUT2D eigenvalue weighted by Gasteiger charge is 2.06. The fourth-order valence-corrected chi connectivity index (χ4v) is 2.21. The quantitative estimate of drug-likeness (QED) is 0.705. The molecule has 2 aromatic heterocycles. The third-order valence-corrected chi connectivity index (χ3v) is 3.11. The van der Waals surface area contributed by atoms with Crippen LogP contribution >= 0.6 is 11.6 Å². The first-order valence-corrected chi connectivity index (χ1v) is 6.15. The average molecular weight is 258 g/mol. The molecule has 4 heteroatoms. The summed E-state index contributed by atoms with van der Waals surface area (Å²) in [5.41, 5.74) is 3.20. The van der Waals surface area contributed by atoms with E-state index < -0.39 is 0 Å². The minimum atomic E-state index is 0.727. The summed E-state index contributed by atoms with van der Waals surface area (Å²) in [4.78, 5) is 0. The van der Waals surface area contributed by atoms with Gasteiger partial charge in [-0.25, -0.2) is 0 Å². The van der Waals surface area contributed by atoms with Gasteiger partial charge in [0.25, 0.3) is 0 Å². The van der Waals surface area contributed by atoms with Crippen LogP contribution in [-0.4, -0.2) is 14.6 Å². The van der Waals surface area contributed by atoms with Gasteiger partial charge in [0.15, 0.2) is 5.65 Å². The van der Waals surface area contributed by atoms with E-state index in [9.17, 15) is 0 Å². The molecule has 3 rings (SSSR count). The lowest BCUT2D eigenvalue weighted by molar-refractivity contribution is 0.931. The number of benzene rings is 1. The second-order valence-corrected chi connectivity index (χ2v) is 4.79. The molecule has 0 aliphatic carbocycles. The molecule has 0 atom stereocenters. The van der Waals surface area contributed by atoms with Crippen molar-refractivity contribution in [3.63, 3.8) is 0 Å². The van der Waals surface area contributed by atoms with Crippen LogP contribution in [0.15, 0.2) is 42.6 Å². The van der Waals surface area contributed by atoms with E-state index in [-0.39, 0.29) is 0 Å². The summed E-state index contributed by atoms with van der Waals surface area (Å²) in [5, 5.41) is 9.14. The Kier molecular flexibility index (Phi) is 2.76. The van der Waals surface area contributed by atoms with Crippen molar-refractivity contribution >= 4 is 17.2 Å². The number of nitrogens with zero attached hydrogens (tertiary/aromatic N) is 3. The molecule has 0 N–H and O–H groups in total. The van der Waals surface area contributed by atoms with Crippen molar-refractivity contribution in [2.24, 2.45) is 0 Å². The van der Waals surface area contributed by atoms with Gasteiger partial charge in [0.2, 0.25) is 0 Å². The number of hydrogen-bond acceptors (Lipinski definition) is 2. The molecular weight excluding hydrogens is 246 g/mol. The van der Waals surface area contributed by atoms with E-state index in [1.807, 2.05) is 40.8 Å². The zero-order valence-corrected chi connectivity index (χ0v) is 10.7. The van der Waals surface area contributed by atoms with Crippen LogP contribution in [0.5, 0.6) is 0 Å². The Bertz CT molecular complexity index is 703. The van der Waals surface area contributed by atoms with Gasteiger partial charge < -0.3 is 0 Å². The largest absolute Gasteiger partial charge is 0.286 e. The van der Waals surface area contributed by atoms with Crippen molar-refractivity contribution in [3.05, 3.63) is 64.6 Å². The molecule has 3 nitrogen and oxygen atoms in total. The molecule has 0 radical (unpaired) electrons. The van der Waals surface area contributed by atoms with Crippen molar-refractivity contribution in [1.82, 2.24) is 14.6 Å². The standard InChI is InChI=1S/C14H12ClN3/c1-10-5-6-13-16-17-14(18(13)9-10)8-11-3-2-4-12(15)7-11/h2-7,9H,8H2,1H3. The Hall–Kier alpha value is -1.87. The Labute approximate surface area is 110 Å². The predicted octanol–water partition coefficient (Wildman–Crippen LogP) is 3.28. The van der Waals surface area contributed by atoms with Gasteiger partial charge in [0, 0.05) is 17.6 Å². The van der Waals surface area contributed by atoms with Gasteiger partial charge in [-0.15, -0.1) is 10.2 Å². The summed E-state index contributed by atoms with van der Waals surface area (Å²) in [6.45, 7) is 2.06. The van der Waals surface area contributed by atoms with Crippen LogP contribution in [0.1, 0.15) is 17.0 Å². The van der Waals surface area contributed by atoms with Gasteiger partial charge in [-0.3, -0.25) is 4.40 Å². The molecule has 0 unspecified atom stereocenters. The SMILES string of the molecule is Cc1ccc2nnc(Cc3cccc(Cl)c3)n2c1. The minimum Gasteiger partial charge on any atom is -0.286 e. The zero-order valence-electron chi connectivity index (χ0n) is 9.97. The third-order valence-electron chi connectivity index (χ3n) is 2.87. The number of rotatable bonds is 2. The Morgan fingerprint density at radius 3 is 2.89 bits per heavy atom. The van der Waals surface area contributed by atoms with Gasteiger partial charge >= 0.3 is 0 Å². The molecule has 0 saturated carbocycles. The van der Waals surface area contributed by atoms with Crippen LogP contribution in [0.3, 0.4) is 0 Å². The van der Waals surface area contributed by atoms with Crippen molar-refractivity contribution < 1.29 is 0 Å². The molecule has 0 fully saturated rings. The van der Waals surface area contributed by atoms with Gasteiger partial charge in [-0.2, -0.15) is 0 Å². The third kappa shape index (κ3) is 2.09. The van der Waals surface area contributed by atoms with Crippen LogP contribution in [0.4, 0.5) is 0 Å². The lowest BCUT2D eigenvalue weighted by atomic mass is 10.1. The van der Waals surface area contributed by atoms with E-state index in [4.69, 9.17) is 11.6 Å². The number of pyridine rings is 1. The molecule has 0 aliphatic heterocycles. The van der Waals surface area contributed by atoms with Gasteiger partial charge in [0.1, 0.15) is 5.82 Å². The molecule has 0 amide bonds. The summed E-state index contributed by atoms with van der Waals surface area (Å²) in [6.07, 6.45) is 2.78. The van der Waals surface area contributed by atoms with E-state index in [1.54, 1.807) is 0 Å². The van der Waals surface area contributed by atoms with Crippen molar-refractivity contribution in [3.8, 4) is 0 Å². The highest BCUT2D eigenvalue weighted by Crippen LogP contribution is 2.15. The van der Waals surface area contributed by atoms with Crippen molar-refractivity contribution in [2.75, 3.05) is 0 Å². The average Bonchev–Trinajstić information content (AvgIpc) is 2.72. The van der Waals surface area contributed by atoms with Gasteiger partial charge in [-0.1, -0.05) is 29.8 Å². The van der Waals surface area contributed by atoms with Crippen molar-refractivity contribution in [2.45, 2.75) is 13.3 Å². The fraction of sp³-hybridized carbons (Fsp3) is 0.143. The fourth-order valence-electron chi connectivity index (χ4n) is 1.99. The zero-order chi connectivity index (χ0) is 12.5. The monoisotopic (exact) mass is 257 g/mol. The highest BCUT2D eigenvalue weighted by molar-refractivity contribution is 6.30. The molecule has 18 heavy (non-hydrogen) atoms. The number of fused-ring (bicyclic) bond motifs is 1. The second-order valence-electron chi connectivity index (χ2n) is 4.36.